The number of aliphatic hydroxyl groups is 2. The van der Waals surface area contributed by atoms with E-state index in [1.165, 1.54) is 6.07 Å². The van der Waals surface area contributed by atoms with E-state index in [0.717, 1.165) is 5.56 Å². The van der Waals surface area contributed by atoms with Crippen molar-refractivity contribution in [1.29, 1.82) is 5.26 Å². The highest BCUT2D eigenvalue weighted by atomic mass is 19.1. The van der Waals surface area contributed by atoms with Crippen molar-refractivity contribution >= 4 is 5.69 Å². The van der Waals surface area contributed by atoms with E-state index in [9.17, 15) is 9.50 Å². The molecule has 1 atom stereocenters. The number of benzene rings is 2. The lowest BCUT2D eigenvalue weighted by atomic mass is 10.0. The van der Waals surface area contributed by atoms with E-state index in [1.807, 2.05) is 17.0 Å². The molecular weight excluding hydrogens is 361 g/mol. The van der Waals surface area contributed by atoms with Crippen molar-refractivity contribution in [3.05, 3.63) is 59.4 Å². The summed E-state index contributed by atoms with van der Waals surface area (Å²) in [6.07, 6.45) is 0. The molecule has 6 nitrogen and oxygen atoms in total. The molecule has 2 aromatic rings. The van der Waals surface area contributed by atoms with Gasteiger partial charge in [-0.15, -0.1) is 0 Å². The molecule has 2 aromatic carbocycles. The quantitative estimate of drug-likeness (QED) is 0.758. The minimum Gasteiger partial charge on any atom is -0.491 e. The molecule has 148 valence electrons. The topological polar surface area (TPSA) is 80.0 Å². The molecule has 0 bridgehead atoms. The van der Waals surface area contributed by atoms with Crippen LogP contribution in [0.4, 0.5) is 10.1 Å². The molecule has 3 rings (SSSR count). The van der Waals surface area contributed by atoms with Crippen LogP contribution in [0.5, 0.6) is 5.75 Å². The monoisotopic (exact) mass is 385 g/mol. The van der Waals surface area contributed by atoms with Crippen LogP contribution in [0.25, 0.3) is 0 Å². The van der Waals surface area contributed by atoms with Gasteiger partial charge >= 0.3 is 0 Å². The van der Waals surface area contributed by atoms with E-state index < -0.39 is 0 Å². The van der Waals surface area contributed by atoms with Crippen LogP contribution in [0.2, 0.25) is 0 Å². The molecule has 1 unspecified atom stereocenters. The first-order valence-corrected chi connectivity index (χ1v) is 9.29. The van der Waals surface area contributed by atoms with Crippen molar-refractivity contribution in [2.75, 3.05) is 50.9 Å². The van der Waals surface area contributed by atoms with Crippen LogP contribution in [0, 0.1) is 17.1 Å². The van der Waals surface area contributed by atoms with Gasteiger partial charge in [0.1, 0.15) is 18.2 Å². The second-order valence-electron chi connectivity index (χ2n) is 6.64. The third-order valence-corrected chi connectivity index (χ3v) is 4.97. The highest BCUT2D eigenvalue weighted by Crippen LogP contribution is 2.27. The van der Waals surface area contributed by atoms with Crippen molar-refractivity contribution in [2.24, 2.45) is 0 Å². The maximum absolute atomic E-state index is 14.5. The fraction of sp³-hybridized carbons (Fsp3) is 0.381. The zero-order valence-corrected chi connectivity index (χ0v) is 15.6. The van der Waals surface area contributed by atoms with Crippen LogP contribution in [0.3, 0.4) is 0 Å². The average molecular weight is 385 g/mol. The van der Waals surface area contributed by atoms with Crippen LogP contribution in [0.15, 0.2) is 42.5 Å². The molecule has 7 heteroatoms. The number of nitriles is 1. The molecule has 0 radical (unpaired) electrons. The van der Waals surface area contributed by atoms with E-state index >= 15 is 0 Å². The fourth-order valence-electron chi connectivity index (χ4n) is 3.48. The number of aliphatic hydroxyl groups excluding tert-OH is 2. The maximum Gasteiger partial charge on any atom is 0.150 e. The Morgan fingerprint density at radius 3 is 2.36 bits per heavy atom. The van der Waals surface area contributed by atoms with Gasteiger partial charge in [-0.25, -0.2) is 4.39 Å². The minimum absolute atomic E-state index is 0.0167. The van der Waals surface area contributed by atoms with Crippen LogP contribution >= 0.6 is 0 Å². The Morgan fingerprint density at radius 2 is 1.79 bits per heavy atom. The third kappa shape index (κ3) is 4.60. The number of ether oxygens (including phenoxy) is 1. The Bertz CT molecular complexity index is 815. The summed E-state index contributed by atoms with van der Waals surface area (Å²) in [6.45, 7) is 2.66. The van der Waals surface area contributed by atoms with E-state index in [0.29, 0.717) is 43.2 Å². The summed E-state index contributed by atoms with van der Waals surface area (Å²) in [5.74, 6) is 0.0461. The molecule has 1 aliphatic heterocycles. The van der Waals surface area contributed by atoms with Gasteiger partial charge in [-0.2, -0.15) is 5.26 Å². The first-order valence-electron chi connectivity index (χ1n) is 9.29. The van der Waals surface area contributed by atoms with Gasteiger partial charge in [-0.3, -0.25) is 4.90 Å². The van der Waals surface area contributed by atoms with Gasteiger partial charge in [0.2, 0.25) is 0 Å². The molecule has 1 heterocycles. The predicted molar refractivity (Wildman–Crippen MR) is 104 cm³/mol. The lowest BCUT2D eigenvalue weighted by Gasteiger charge is -2.40. The summed E-state index contributed by atoms with van der Waals surface area (Å²) in [5, 5.41) is 27.6. The molecule has 1 fully saturated rings. The Labute approximate surface area is 164 Å². The van der Waals surface area contributed by atoms with Crippen molar-refractivity contribution in [2.45, 2.75) is 6.04 Å². The summed E-state index contributed by atoms with van der Waals surface area (Å²) in [5.41, 5.74) is 2.08. The Morgan fingerprint density at radius 1 is 1.07 bits per heavy atom. The average Bonchev–Trinajstić information content (AvgIpc) is 2.74. The second-order valence-corrected chi connectivity index (χ2v) is 6.64. The summed E-state index contributed by atoms with van der Waals surface area (Å²) in [6, 6.07) is 13.9. The van der Waals surface area contributed by atoms with E-state index in [-0.39, 0.29) is 31.7 Å². The summed E-state index contributed by atoms with van der Waals surface area (Å²) < 4.78 is 19.7. The number of rotatable bonds is 7. The van der Waals surface area contributed by atoms with Crippen molar-refractivity contribution in [3.63, 3.8) is 0 Å². The predicted octanol–water partition coefficient (Wildman–Crippen LogP) is 1.92. The lowest BCUT2D eigenvalue weighted by Crippen LogP contribution is -2.48. The normalized spacial score (nSPS) is 15.9. The largest absolute Gasteiger partial charge is 0.491 e. The van der Waals surface area contributed by atoms with Crippen molar-refractivity contribution < 1.29 is 19.3 Å². The molecule has 1 aliphatic rings. The Balaban J connectivity index is 1.63. The van der Waals surface area contributed by atoms with Gasteiger partial charge in [-0.05, 0) is 29.8 Å². The number of halogens is 1. The second kappa shape index (κ2) is 9.51. The Hall–Kier alpha value is -2.66. The lowest BCUT2D eigenvalue weighted by molar-refractivity contribution is 0.117. The molecule has 0 amide bonds. The number of hydrogen-bond acceptors (Lipinski definition) is 6. The van der Waals surface area contributed by atoms with E-state index in [4.69, 9.17) is 15.1 Å². The fourth-order valence-corrected chi connectivity index (χ4v) is 3.48. The molecule has 0 spiro atoms. The first-order chi connectivity index (χ1) is 13.7. The van der Waals surface area contributed by atoms with Crippen LogP contribution in [-0.2, 0) is 0 Å². The molecule has 28 heavy (non-hydrogen) atoms. The molecule has 0 aliphatic carbocycles. The van der Waals surface area contributed by atoms with E-state index in [1.54, 1.807) is 24.3 Å². The number of nitrogens with zero attached hydrogens (tertiary/aromatic N) is 3. The zero-order valence-electron chi connectivity index (χ0n) is 15.6. The van der Waals surface area contributed by atoms with Crippen LogP contribution in [-0.4, -0.2) is 61.1 Å². The highest BCUT2D eigenvalue weighted by molar-refractivity contribution is 5.51. The summed E-state index contributed by atoms with van der Waals surface area (Å²) in [4.78, 5) is 4.16. The summed E-state index contributed by atoms with van der Waals surface area (Å²) >= 11 is 0. The van der Waals surface area contributed by atoms with E-state index in [2.05, 4.69) is 11.0 Å². The molecular formula is C21H24FN3O3. The highest BCUT2D eigenvalue weighted by Gasteiger charge is 2.26. The third-order valence-electron chi connectivity index (χ3n) is 4.97. The van der Waals surface area contributed by atoms with Gasteiger partial charge < -0.3 is 19.8 Å². The molecule has 0 saturated carbocycles. The smallest absolute Gasteiger partial charge is 0.150 e. The standard InChI is InChI=1S/C21H24FN3O3/c22-19-13-18(28-12-11-26)5-6-20(19)24-7-9-25(10-8-24)21(15-27)17-3-1-16(14-23)2-4-17/h1-6,13,21,26-27H,7-12,15H2. The maximum atomic E-state index is 14.5. The number of hydrogen-bond donors (Lipinski definition) is 2. The van der Waals surface area contributed by atoms with Crippen molar-refractivity contribution in [1.82, 2.24) is 4.90 Å². The van der Waals surface area contributed by atoms with Gasteiger partial charge in [0.15, 0.2) is 0 Å². The molecule has 1 saturated heterocycles. The molecule has 2 N–H and O–H groups in total. The number of piperazine rings is 1. The SMILES string of the molecule is N#Cc1ccc(C(CO)N2CCN(c3ccc(OCCO)cc3F)CC2)cc1. The van der Waals surface area contributed by atoms with Gasteiger partial charge in [0.05, 0.1) is 36.6 Å². The van der Waals surface area contributed by atoms with Crippen molar-refractivity contribution in [3.8, 4) is 11.8 Å². The minimum atomic E-state index is -0.352. The Kier molecular flexibility index (Phi) is 6.82. The van der Waals surface area contributed by atoms with Gasteiger partial charge in [-0.1, -0.05) is 12.1 Å². The number of anilines is 1. The zero-order chi connectivity index (χ0) is 19.9. The van der Waals surface area contributed by atoms with Gasteiger partial charge in [0.25, 0.3) is 0 Å². The van der Waals surface area contributed by atoms with Gasteiger partial charge in [0, 0.05) is 32.2 Å². The molecule has 0 aromatic heterocycles. The van der Waals surface area contributed by atoms with Crippen LogP contribution in [0.1, 0.15) is 17.2 Å². The summed E-state index contributed by atoms with van der Waals surface area (Å²) in [7, 11) is 0. The first kappa shape index (κ1) is 20.1. The van der Waals surface area contributed by atoms with Crippen LogP contribution < -0.4 is 9.64 Å².